The number of nitrogens with zero attached hydrogens (tertiary/aromatic N) is 1. The number of nitrogens with one attached hydrogen (secondary N) is 1. The van der Waals surface area contributed by atoms with Gasteiger partial charge in [0, 0.05) is 40.5 Å². The lowest BCUT2D eigenvalue weighted by Crippen LogP contribution is -2.31. The topological polar surface area (TPSA) is 33.7 Å². The minimum absolute atomic E-state index is 0.182. The molecule has 0 saturated carbocycles. The van der Waals surface area contributed by atoms with Crippen molar-refractivity contribution in [1.82, 2.24) is 5.32 Å². The smallest absolute Gasteiger partial charge is 0.146 e. The van der Waals surface area contributed by atoms with Crippen molar-refractivity contribution in [3.05, 3.63) is 29.6 Å². The quantitative estimate of drug-likeness (QED) is 0.636. The van der Waals surface area contributed by atoms with Gasteiger partial charge in [0.15, 0.2) is 0 Å². The van der Waals surface area contributed by atoms with Crippen molar-refractivity contribution in [3.8, 4) is 0 Å². The van der Waals surface area contributed by atoms with Crippen molar-refractivity contribution >= 4 is 5.69 Å². The number of benzene rings is 1. The molecule has 0 unspecified atom stereocenters. The van der Waals surface area contributed by atoms with Crippen molar-refractivity contribution in [3.63, 3.8) is 0 Å². The van der Waals surface area contributed by atoms with E-state index in [1.54, 1.807) is 20.3 Å². The first kappa shape index (κ1) is 17.9. The number of rotatable bonds is 11. The van der Waals surface area contributed by atoms with Gasteiger partial charge in [0.1, 0.15) is 5.82 Å². The summed E-state index contributed by atoms with van der Waals surface area (Å²) in [5, 5.41) is 3.26. The van der Waals surface area contributed by atoms with Crippen LogP contribution in [0.3, 0.4) is 0 Å². The van der Waals surface area contributed by atoms with Crippen LogP contribution in [-0.2, 0) is 16.0 Å². The molecule has 0 aliphatic carbocycles. The molecule has 0 amide bonds. The Balaban J connectivity index is 2.91. The van der Waals surface area contributed by atoms with Crippen LogP contribution < -0.4 is 10.2 Å². The molecule has 0 aromatic heterocycles. The molecule has 1 rings (SSSR count). The first-order valence-corrected chi connectivity index (χ1v) is 7.45. The molecule has 1 aromatic rings. The number of methoxy groups -OCH3 is 2. The van der Waals surface area contributed by atoms with Crippen molar-refractivity contribution < 1.29 is 13.9 Å². The van der Waals surface area contributed by atoms with E-state index in [0.717, 1.165) is 25.1 Å². The second-order valence-corrected chi connectivity index (χ2v) is 4.85. The summed E-state index contributed by atoms with van der Waals surface area (Å²) in [7, 11) is 3.34. The van der Waals surface area contributed by atoms with Crippen LogP contribution in [0, 0.1) is 5.82 Å². The minimum Gasteiger partial charge on any atom is -0.385 e. The van der Waals surface area contributed by atoms with Gasteiger partial charge in [-0.25, -0.2) is 4.39 Å². The molecule has 120 valence electrons. The Bertz CT molecular complexity index is 402. The first-order valence-electron chi connectivity index (χ1n) is 7.45. The standard InChI is InChI=1S/C16H27FN2O2/c1-4-18-13-14-7-5-8-15(17)16(14)19(10-12-21-3)9-6-11-20-2/h5,7-8,18H,4,6,9-13H2,1-3H3. The lowest BCUT2D eigenvalue weighted by molar-refractivity contribution is 0.191. The average molecular weight is 298 g/mol. The maximum Gasteiger partial charge on any atom is 0.146 e. The zero-order chi connectivity index (χ0) is 15.5. The lowest BCUT2D eigenvalue weighted by atomic mass is 10.1. The van der Waals surface area contributed by atoms with Gasteiger partial charge in [0.25, 0.3) is 0 Å². The van der Waals surface area contributed by atoms with Crippen LogP contribution in [0.4, 0.5) is 10.1 Å². The highest BCUT2D eigenvalue weighted by Crippen LogP contribution is 2.24. The number of halogens is 1. The Hall–Kier alpha value is -1.17. The number of hydrogen-bond acceptors (Lipinski definition) is 4. The molecule has 0 radical (unpaired) electrons. The molecule has 5 heteroatoms. The molecule has 0 heterocycles. The molecule has 0 bridgehead atoms. The molecule has 0 fully saturated rings. The number of hydrogen-bond donors (Lipinski definition) is 1. The highest BCUT2D eigenvalue weighted by Gasteiger charge is 2.15. The minimum atomic E-state index is -0.182. The Kier molecular flexibility index (Phi) is 8.98. The molecule has 1 N–H and O–H groups in total. The lowest BCUT2D eigenvalue weighted by Gasteiger charge is -2.27. The van der Waals surface area contributed by atoms with Crippen LogP contribution in [-0.4, -0.2) is 47.1 Å². The molecule has 21 heavy (non-hydrogen) atoms. The molecule has 0 saturated heterocycles. The maximum atomic E-state index is 14.3. The van der Waals surface area contributed by atoms with Crippen molar-refractivity contribution in [2.24, 2.45) is 0 Å². The number of anilines is 1. The zero-order valence-corrected chi connectivity index (χ0v) is 13.3. The van der Waals surface area contributed by atoms with Gasteiger partial charge < -0.3 is 19.7 Å². The highest BCUT2D eigenvalue weighted by atomic mass is 19.1. The fourth-order valence-corrected chi connectivity index (χ4v) is 2.25. The predicted octanol–water partition coefficient (Wildman–Crippen LogP) is 2.42. The van der Waals surface area contributed by atoms with Gasteiger partial charge in [0.05, 0.1) is 12.3 Å². The Morgan fingerprint density at radius 3 is 2.57 bits per heavy atom. The summed E-state index contributed by atoms with van der Waals surface area (Å²) in [6.45, 7) is 6.22. The molecule has 0 aliphatic heterocycles. The summed E-state index contributed by atoms with van der Waals surface area (Å²) >= 11 is 0. The SMILES string of the molecule is CCNCc1cccc(F)c1N(CCCOC)CCOC. The zero-order valence-electron chi connectivity index (χ0n) is 13.3. The third kappa shape index (κ3) is 5.99. The summed E-state index contributed by atoms with van der Waals surface area (Å²) in [5.41, 5.74) is 1.65. The maximum absolute atomic E-state index is 14.3. The molecule has 0 atom stereocenters. The van der Waals surface area contributed by atoms with E-state index in [9.17, 15) is 4.39 Å². The van der Waals surface area contributed by atoms with Crippen molar-refractivity contribution in [2.45, 2.75) is 19.9 Å². The summed E-state index contributed by atoms with van der Waals surface area (Å²) in [6.07, 6.45) is 0.856. The van der Waals surface area contributed by atoms with E-state index >= 15 is 0 Å². The molecular weight excluding hydrogens is 271 g/mol. The fraction of sp³-hybridized carbons (Fsp3) is 0.625. The Morgan fingerprint density at radius 2 is 1.90 bits per heavy atom. The summed E-state index contributed by atoms with van der Waals surface area (Å²) < 4.78 is 24.6. The molecule has 0 spiro atoms. The second kappa shape index (κ2) is 10.5. The van der Waals surface area contributed by atoms with E-state index in [1.165, 1.54) is 6.07 Å². The van der Waals surface area contributed by atoms with E-state index in [1.807, 2.05) is 17.9 Å². The molecule has 1 aromatic carbocycles. The summed E-state index contributed by atoms with van der Waals surface area (Å²) in [5.74, 6) is -0.182. The van der Waals surface area contributed by atoms with Crippen molar-refractivity contribution in [2.75, 3.05) is 52.0 Å². The van der Waals surface area contributed by atoms with Crippen LogP contribution >= 0.6 is 0 Å². The molecular formula is C16H27FN2O2. The average Bonchev–Trinajstić information content (AvgIpc) is 2.49. The van der Waals surface area contributed by atoms with Gasteiger partial charge in [-0.15, -0.1) is 0 Å². The van der Waals surface area contributed by atoms with Gasteiger partial charge >= 0.3 is 0 Å². The first-order chi connectivity index (χ1) is 10.2. The monoisotopic (exact) mass is 298 g/mol. The van der Waals surface area contributed by atoms with Gasteiger partial charge in [-0.05, 0) is 24.6 Å². The van der Waals surface area contributed by atoms with E-state index < -0.39 is 0 Å². The van der Waals surface area contributed by atoms with Crippen molar-refractivity contribution in [1.29, 1.82) is 0 Å². The molecule has 4 nitrogen and oxygen atoms in total. The van der Waals surface area contributed by atoms with Crippen LogP contribution in [0.15, 0.2) is 18.2 Å². The van der Waals surface area contributed by atoms with E-state index in [4.69, 9.17) is 9.47 Å². The second-order valence-electron chi connectivity index (χ2n) is 4.85. The normalized spacial score (nSPS) is 10.9. The molecule has 0 aliphatic rings. The van der Waals surface area contributed by atoms with Crippen LogP contribution in [0.25, 0.3) is 0 Å². The third-order valence-electron chi connectivity index (χ3n) is 3.29. The van der Waals surface area contributed by atoms with E-state index in [2.05, 4.69) is 5.32 Å². The van der Waals surface area contributed by atoms with Gasteiger partial charge in [-0.3, -0.25) is 0 Å². The van der Waals surface area contributed by atoms with Gasteiger partial charge in [-0.1, -0.05) is 19.1 Å². The Morgan fingerprint density at radius 1 is 1.14 bits per heavy atom. The van der Waals surface area contributed by atoms with E-state index in [0.29, 0.717) is 32.0 Å². The van der Waals surface area contributed by atoms with Crippen LogP contribution in [0.2, 0.25) is 0 Å². The third-order valence-corrected chi connectivity index (χ3v) is 3.29. The van der Waals surface area contributed by atoms with Crippen LogP contribution in [0.1, 0.15) is 18.9 Å². The predicted molar refractivity (Wildman–Crippen MR) is 84.4 cm³/mol. The van der Waals surface area contributed by atoms with Gasteiger partial charge in [-0.2, -0.15) is 0 Å². The Labute approximate surface area is 127 Å². The summed E-state index contributed by atoms with van der Waals surface area (Å²) in [4.78, 5) is 2.05. The number of para-hydroxylation sites is 1. The van der Waals surface area contributed by atoms with Crippen LogP contribution in [0.5, 0.6) is 0 Å². The summed E-state index contributed by atoms with van der Waals surface area (Å²) in [6, 6.07) is 5.24. The highest BCUT2D eigenvalue weighted by molar-refractivity contribution is 5.55. The number of ether oxygens (including phenoxy) is 2. The fourth-order valence-electron chi connectivity index (χ4n) is 2.25. The largest absolute Gasteiger partial charge is 0.385 e. The van der Waals surface area contributed by atoms with Gasteiger partial charge in [0.2, 0.25) is 0 Å². The van der Waals surface area contributed by atoms with E-state index in [-0.39, 0.29) is 5.82 Å².